The van der Waals surface area contributed by atoms with E-state index < -0.39 is 32.4 Å². The van der Waals surface area contributed by atoms with E-state index in [1.54, 1.807) is 31.2 Å². The van der Waals surface area contributed by atoms with Crippen LogP contribution in [0, 0.1) is 5.82 Å². The first kappa shape index (κ1) is 19.2. The predicted molar refractivity (Wildman–Crippen MR) is 95.3 cm³/mol. The van der Waals surface area contributed by atoms with Crippen molar-refractivity contribution in [2.45, 2.75) is 19.8 Å². The molecule has 0 aliphatic carbocycles. The number of sulfonamides is 1. The number of halogens is 2. The second kappa shape index (κ2) is 7.84. The molecule has 0 fully saturated rings. The molecule has 0 heterocycles. The summed E-state index contributed by atoms with van der Waals surface area (Å²) in [5, 5.41) is 8.69. The van der Waals surface area contributed by atoms with Crippen molar-refractivity contribution < 1.29 is 22.7 Å². The maximum atomic E-state index is 14.2. The zero-order chi connectivity index (χ0) is 18.6. The van der Waals surface area contributed by atoms with Gasteiger partial charge in [0.05, 0.1) is 16.5 Å². The Hall–Kier alpha value is -2.12. The Bertz CT molecular complexity index is 885. The Kier molecular flexibility index (Phi) is 6.02. The van der Waals surface area contributed by atoms with Gasteiger partial charge in [0.25, 0.3) is 0 Å². The third-order valence-corrected chi connectivity index (χ3v) is 5.32. The highest BCUT2D eigenvalue weighted by Crippen LogP contribution is 2.34. The Morgan fingerprint density at radius 3 is 2.48 bits per heavy atom. The van der Waals surface area contributed by atoms with E-state index in [4.69, 9.17) is 16.7 Å². The maximum Gasteiger partial charge on any atom is 0.340 e. The molecule has 0 amide bonds. The summed E-state index contributed by atoms with van der Waals surface area (Å²) >= 11 is 6.04. The van der Waals surface area contributed by atoms with Gasteiger partial charge in [0, 0.05) is 0 Å². The summed E-state index contributed by atoms with van der Waals surface area (Å²) in [6, 6.07) is 9.99. The highest BCUT2D eigenvalue weighted by molar-refractivity contribution is 7.92. The molecule has 2 aromatic rings. The SMILES string of the molecule is CCCS(=O)(=O)Nc1c(Cc2ccccc2)cc(F)c(C(=O)O)c1Cl. The molecule has 0 saturated heterocycles. The molecular weight excluding hydrogens is 369 g/mol. The van der Waals surface area contributed by atoms with Crippen LogP contribution in [0.5, 0.6) is 0 Å². The van der Waals surface area contributed by atoms with Crippen molar-refractivity contribution in [1.82, 2.24) is 0 Å². The Morgan fingerprint density at radius 2 is 1.92 bits per heavy atom. The number of nitrogens with one attached hydrogen (secondary N) is 1. The van der Waals surface area contributed by atoms with E-state index in [9.17, 15) is 17.6 Å². The van der Waals surface area contributed by atoms with E-state index in [1.165, 1.54) is 0 Å². The number of benzene rings is 2. The average molecular weight is 386 g/mol. The van der Waals surface area contributed by atoms with Gasteiger partial charge >= 0.3 is 5.97 Å². The topological polar surface area (TPSA) is 83.5 Å². The summed E-state index contributed by atoms with van der Waals surface area (Å²) in [5.41, 5.74) is 0.209. The van der Waals surface area contributed by atoms with Gasteiger partial charge in [0.2, 0.25) is 10.0 Å². The Morgan fingerprint density at radius 1 is 1.28 bits per heavy atom. The third-order valence-electron chi connectivity index (χ3n) is 3.48. The minimum atomic E-state index is -3.73. The molecule has 0 aromatic heterocycles. The molecule has 5 nitrogen and oxygen atoms in total. The first-order chi connectivity index (χ1) is 11.7. The average Bonchev–Trinajstić information content (AvgIpc) is 2.51. The summed E-state index contributed by atoms with van der Waals surface area (Å²) in [6.07, 6.45) is 0.565. The van der Waals surface area contributed by atoms with Crippen molar-refractivity contribution in [3.63, 3.8) is 0 Å². The van der Waals surface area contributed by atoms with E-state index in [1.807, 2.05) is 6.07 Å². The molecule has 0 atom stereocenters. The number of rotatable bonds is 7. The molecule has 0 aliphatic rings. The van der Waals surface area contributed by atoms with Crippen LogP contribution < -0.4 is 4.72 Å². The molecule has 134 valence electrons. The van der Waals surface area contributed by atoms with Gasteiger partial charge in [-0.25, -0.2) is 17.6 Å². The number of carboxylic acid groups (broad SMARTS) is 1. The van der Waals surface area contributed by atoms with Crippen LogP contribution in [-0.4, -0.2) is 25.2 Å². The molecule has 0 aliphatic heterocycles. The molecule has 2 aromatic carbocycles. The Labute approximate surface area is 150 Å². The molecule has 0 saturated carbocycles. The number of hydrogen-bond acceptors (Lipinski definition) is 3. The normalized spacial score (nSPS) is 11.3. The summed E-state index contributed by atoms with van der Waals surface area (Å²) in [6.45, 7) is 1.69. The highest BCUT2D eigenvalue weighted by Gasteiger charge is 2.24. The lowest BCUT2D eigenvalue weighted by atomic mass is 10.0. The van der Waals surface area contributed by atoms with Crippen molar-refractivity contribution in [1.29, 1.82) is 0 Å². The van der Waals surface area contributed by atoms with Crippen molar-refractivity contribution in [2.75, 3.05) is 10.5 Å². The van der Waals surface area contributed by atoms with Crippen LogP contribution in [0.3, 0.4) is 0 Å². The molecule has 25 heavy (non-hydrogen) atoms. The van der Waals surface area contributed by atoms with Crippen LogP contribution in [0.15, 0.2) is 36.4 Å². The first-order valence-electron chi connectivity index (χ1n) is 7.53. The van der Waals surface area contributed by atoms with E-state index in [-0.39, 0.29) is 23.4 Å². The lowest BCUT2D eigenvalue weighted by Gasteiger charge is -2.16. The second-order valence-corrected chi connectivity index (χ2v) is 7.69. The van der Waals surface area contributed by atoms with Crippen LogP contribution in [0.4, 0.5) is 10.1 Å². The monoisotopic (exact) mass is 385 g/mol. The quantitative estimate of drug-likeness (QED) is 0.756. The van der Waals surface area contributed by atoms with Gasteiger partial charge in [0.1, 0.15) is 11.4 Å². The van der Waals surface area contributed by atoms with Crippen LogP contribution in [0.25, 0.3) is 0 Å². The van der Waals surface area contributed by atoms with E-state index in [0.29, 0.717) is 6.42 Å². The van der Waals surface area contributed by atoms with Crippen molar-refractivity contribution in [3.05, 3.63) is 63.9 Å². The molecule has 0 bridgehead atoms. The number of carbonyl (C=O) groups is 1. The molecule has 0 radical (unpaired) electrons. The maximum absolute atomic E-state index is 14.2. The number of aromatic carboxylic acids is 1. The largest absolute Gasteiger partial charge is 0.478 e. The fourth-order valence-electron chi connectivity index (χ4n) is 2.40. The van der Waals surface area contributed by atoms with Crippen LogP contribution in [0.1, 0.15) is 34.8 Å². The number of anilines is 1. The minimum absolute atomic E-state index is 0.0993. The van der Waals surface area contributed by atoms with Gasteiger partial charge in [-0.2, -0.15) is 0 Å². The van der Waals surface area contributed by atoms with Gasteiger partial charge < -0.3 is 5.11 Å². The smallest absolute Gasteiger partial charge is 0.340 e. The van der Waals surface area contributed by atoms with E-state index in [2.05, 4.69) is 4.72 Å². The van der Waals surface area contributed by atoms with Crippen molar-refractivity contribution in [2.24, 2.45) is 0 Å². The first-order valence-corrected chi connectivity index (χ1v) is 9.56. The summed E-state index contributed by atoms with van der Waals surface area (Å²) in [5.74, 6) is -2.74. The van der Waals surface area contributed by atoms with Gasteiger partial charge in [-0.1, -0.05) is 48.9 Å². The Balaban J connectivity index is 2.59. The van der Waals surface area contributed by atoms with Gasteiger partial charge in [0.15, 0.2) is 0 Å². The predicted octanol–water partition coefficient (Wildman–Crippen LogP) is 3.92. The molecule has 0 unspecified atom stereocenters. The van der Waals surface area contributed by atoms with Gasteiger partial charge in [-0.05, 0) is 30.0 Å². The molecule has 0 spiro atoms. The standard InChI is InChI=1S/C17H17ClFNO4S/c1-2-8-25(23,24)20-16-12(9-11-6-4-3-5-7-11)10-13(19)14(15(16)18)17(21)22/h3-7,10,20H,2,8-9H2,1H3,(H,21,22). The third kappa shape index (κ3) is 4.70. The van der Waals surface area contributed by atoms with Gasteiger partial charge in [-0.15, -0.1) is 0 Å². The van der Waals surface area contributed by atoms with Crippen molar-refractivity contribution in [3.8, 4) is 0 Å². The van der Waals surface area contributed by atoms with E-state index >= 15 is 0 Å². The molecular formula is C17H17ClFNO4S. The lowest BCUT2D eigenvalue weighted by molar-refractivity contribution is 0.0692. The highest BCUT2D eigenvalue weighted by atomic mass is 35.5. The summed E-state index contributed by atoms with van der Waals surface area (Å²) in [7, 11) is -3.73. The van der Waals surface area contributed by atoms with Crippen LogP contribution in [0.2, 0.25) is 5.02 Å². The lowest BCUT2D eigenvalue weighted by Crippen LogP contribution is -2.19. The van der Waals surface area contributed by atoms with Crippen molar-refractivity contribution >= 4 is 33.3 Å². The molecule has 2 rings (SSSR count). The second-order valence-electron chi connectivity index (χ2n) is 5.47. The van der Waals surface area contributed by atoms with Crippen LogP contribution >= 0.6 is 11.6 Å². The zero-order valence-corrected chi connectivity index (χ0v) is 15.0. The molecule has 2 N–H and O–H groups in total. The zero-order valence-electron chi connectivity index (χ0n) is 13.4. The molecule has 8 heteroatoms. The summed E-state index contributed by atoms with van der Waals surface area (Å²) in [4.78, 5) is 11.3. The number of hydrogen-bond donors (Lipinski definition) is 2. The number of carboxylic acids is 1. The minimum Gasteiger partial charge on any atom is -0.478 e. The van der Waals surface area contributed by atoms with E-state index in [0.717, 1.165) is 11.6 Å². The fourth-order valence-corrected chi connectivity index (χ4v) is 3.98. The fraction of sp³-hybridized carbons (Fsp3) is 0.235. The van der Waals surface area contributed by atoms with Crippen LogP contribution in [-0.2, 0) is 16.4 Å². The summed E-state index contributed by atoms with van der Waals surface area (Å²) < 4.78 is 40.7. The van der Waals surface area contributed by atoms with Gasteiger partial charge in [-0.3, -0.25) is 4.72 Å².